The molecule has 0 atom stereocenters. The molecule has 2 aromatic heterocycles. The average molecular weight is 245 g/mol. The first-order valence-corrected chi connectivity index (χ1v) is 5.97. The second-order valence-corrected chi connectivity index (χ2v) is 3.74. The summed E-state index contributed by atoms with van der Waals surface area (Å²) < 4.78 is 10.3. The van der Waals surface area contributed by atoms with Crippen LogP contribution in [0.1, 0.15) is 29.9 Å². The molecule has 0 spiro atoms. The van der Waals surface area contributed by atoms with Crippen LogP contribution in [-0.2, 0) is 11.2 Å². The lowest BCUT2D eigenvalue weighted by Gasteiger charge is -2.07. The summed E-state index contributed by atoms with van der Waals surface area (Å²) in [6, 6.07) is 7.15. The van der Waals surface area contributed by atoms with Crippen molar-refractivity contribution in [2.24, 2.45) is 0 Å². The van der Waals surface area contributed by atoms with Crippen LogP contribution in [0.2, 0.25) is 0 Å². The lowest BCUT2D eigenvalue weighted by molar-refractivity contribution is 0.0524. The Labute approximate surface area is 106 Å². The number of carbonyl (C=O) groups is 1. The van der Waals surface area contributed by atoms with E-state index in [9.17, 15) is 4.79 Å². The third-order valence-corrected chi connectivity index (χ3v) is 2.58. The lowest BCUT2D eigenvalue weighted by atomic mass is 10.1. The zero-order chi connectivity index (χ0) is 13.0. The number of aromatic nitrogens is 1. The number of aryl methyl sites for hydroxylation is 1. The largest absolute Gasteiger partial charge is 0.463 e. The third kappa shape index (κ3) is 2.42. The van der Waals surface area contributed by atoms with Gasteiger partial charge in [-0.25, -0.2) is 9.78 Å². The molecule has 0 unspecified atom stereocenters. The Balaban J connectivity index is 2.37. The van der Waals surface area contributed by atoms with E-state index in [0.29, 0.717) is 24.4 Å². The van der Waals surface area contributed by atoms with Crippen molar-refractivity contribution in [3.05, 3.63) is 41.8 Å². The van der Waals surface area contributed by atoms with Crippen LogP contribution in [0.25, 0.3) is 11.5 Å². The monoisotopic (exact) mass is 245 g/mol. The van der Waals surface area contributed by atoms with E-state index in [0.717, 1.165) is 11.4 Å². The fraction of sp³-hybridized carbons (Fsp3) is 0.286. The van der Waals surface area contributed by atoms with Gasteiger partial charge in [0.25, 0.3) is 0 Å². The summed E-state index contributed by atoms with van der Waals surface area (Å²) in [5.74, 6) is 0.368. The topological polar surface area (TPSA) is 52.3 Å². The molecule has 0 N–H and O–H groups in total. The maximum absolute atomic E-state index is 11.7. The van der Waals surface area contributed by atoms with E-state index in [-0.39, 0.29) is 5.97 Å². The molecule has 0 aromatic carbocycles. The number of hydrogen-bond acceptors (Lipinski definition) is 4. The molecule has 2 heterocycles. The van der Waals surface area contributed by atoms with E-state index in [1.165, 1.54) is 0 Å². The fourth-order valence-electron chi connectivity index (χ4n) is 1.73. The van der Waals surface area contributed by atoms with Gasteiger partial charge >= 0.3 is 5.97 Å². The number of hydrogen-bond donors (Lipinski definition) is 0. The van der Waals surface area contributed by atoms with Crippen molar-refractivity contribution in [2.75, 3.05) is 6.61 Å². The quantitative estimate of drug-likeness (QED) is 0.777. The summed E-state index contributed by atoms with van der Waals surface area (Å²) in [7, 11) is 0. The molecular weight excluding hydrogens is 230 g/mol. The lowest BCUT2D eigenvalue weighted by Crippen LogP contribution is -2.09. The minimum absolute atomic E-state index is 0.326. The molecule has 2 rings (SSSR count). The van der Waals surface area contributed by atoms with Gasteiger partial charge in [0.2, 0.25) is 0 Å². The number of pyridine rings is 1. The van der Waals surface area contributed by atoms with Gasteiger partial charge in [0.05, 0.1) is 24.1 Å². The van der Waals surface area contributed by atoms with E-state index in [1.54, 1.807) is 25.3 Å². The predicted octanol–water partition coefficient (Wildman–Crippen LogP) is 3.08. The van der Waals surface area contributed by atoms with Gasteiger partial charge in [-0.3, -0.25) is 0 Å². The van der Waals surface area contributed by atoms with Crippen LogP contribution in [0.3, 0.4) is 0 Å². The van der Waals surface area contributed by atoms with Gasteiger partial charge in [-0.1, -0.05) is 6.92 Å². The highest BCUT2D eigenvalue weighted by atomic mass is 16.5. The Kier molecular flexibility index (Phi) is 3.77. The molecule has 0 amide bonds. The second-order valence-electron chi connectivity index (χ2n) is 3.74. The molecule has 0 aliphatic heterocycles. The van der Waals surface area contributed by atoms with Gasteiger partial charge in [-0.05, 0) is 37.6 Å². The minimum atomic E-state index is -0.326. The summed E-state index contributed by atoms with van der Waals surface area (Å²) in [4.78, 5) is 16.2. The van der Waals surface area contributed by atoms with Gasteiger partial charge in [-0.2, -0.15) is 0 Å². The number of furan rings is 1. The molecule has 94 valence electrons. The Morgan fingerprint density at radius 1 is 1.33 bits per heavy atom. The Morgan fingerprint density at radius 3 is 2.78 bits per heavy atom. The van der Waals surface area contributed by atoms with Crippen molar-refractivity contribution < 1.29 is 13.9 Å². The van der Waals surface area contributed by atoms with Crippen LogP contribution in [-0.4, -0.2) is 17.6 Å². The van der Waals surface area contributed by atoms with E-state index >= 15 is 0 Å². The first-order chi connectivity index (χ1) is 8.76. The average Bonchev–Trinajstić information content (AvgIpc) is 2.92. The number of rotatable bonds is 4. The van der Waals surface area contributed by atoms with Gasteiger partial charge in [0, 0.05) is 0 Å². The summed E-state index contributed by atoms with van der Waals surface area (Å²) in [5, 5.41) is 0. The Morgan fingerprint density at radius 2 is 2.17 bits per heavy atom. The maximum atomic E-state index is 11.7. The maximum Gasteiger partial charge on any atom is 0.339 e. The van der Waals surface area contributed by atoms with Gasteiger partial charge < -0.3 is 9.15 Å². The van der Waals surface area contributed by atoms with Crippen molar-refractivity contribution >= 4 is 5.97 Å². The van der Waals surface area contributed by atoms with Crippen molar-refractivity contribution in [1.29, 1.82) is 0 Å². The highest BCUT2D eigenvalue weighted by Gasteiger charge is 2.14. The molecule has 2 aromatic rings. The van der Waals surface area contributed by atoms with Crippen LogP contribution >= 0.6 is 0 Å². The highest BCUT2D eigenvalue weighted by Crippen LogP contribution is 2.20. The molecule has 0 radical (unpaired) electrons. The number of esters is 1. The standard InChI is InChI=1S/C14H15NO3/c1-3-11-10(14(16)17-4-2)7-8-12(15-11)13-6-5-9-18-13/h5-9H,3-4H2,1-2H3. The van der Waals surface area contributed by atoms with Gasteiger partial charge in [-0.15, -0.1) is 0 Å². The fourth-order valence-corrected chi connectivity index (χ4v) is 1.73. The molecule has 0 aliphatic carbocycles. The molecule has 0 aliphatic rings. The molecule has 0 saturated heterocycles. The van der Waals surface area contributed by atoms with Crippen LogP contribution in [0, 0.1) is 0 Å². The Hall–Kier alpha value is -2.10. The molecule has 0 bridgehead atoms. The van der Waals surface area contributed by atoms with E-state index in [1.807, 2.05) is 19.1 Å². The normalized spacial score (nSPS) is 10.3. The zero-order valence-corrected chi connectivity index (χ0v) is 10.5. The van der Waals surface area contributed by atoms with Crippen LogP contribution < -0.4 is 0 Å². The zero-order valence-electron chi connectivity index (χ0n) is 10.5. The molecular formula is C14H15NO3. The van der Waals surface area contributed by atoms with Crippen molar-refractivity contribution in [3.8, 4) is 11.5 Å². The summed E-state index contributed by atoms with van der Waals surface area (Å²) in [6.45, 7) is 4.10. The minimum Gasteiger partial charge on any atom is -0.463 e. The summed E-state index contributed by atoms with van der Waals surface area (Å²) in [5.41, 5.74) is 1.97. The van der Waals surface area contributed by atoms with E-state index in [2.05, 4.69) is 4.98 Å². The van der Waals surface area contributed by atoms with Crippen molar-refractivity contribution in [2.45, 2.75) is 20.3 Å². The van der Waals surface area contributed by atoms with Crippen LogP contribution in [0.15, 0.2) is 34.9 Å². The third-order valence-electron chi connectivity index (χ3n) is 2.58. The van der Waals surface area contributed by atoms with Crippen LogP contribution in [0.5, 0.6) is 0 Å². The van der Waals surface area contributed by atoms with E-state index in [4.69, 9.17) is 9.15 Å². The first-order valence-electron chi connectivity index (χ1n) is 5.97. The second kappa shape index (κ2) is 5.49. The molecule has 4 nitrogen and oxygen atoms in total. The number of carbonyl (C=O) groups excluding carboxylic acids is 1. The smallest absolute Gasteiger partial charge is 0.339 e. The van der Waals surface area contributed by atoms with Crippen molar-refractivity contribution in [1.82, 2.24) is 4.98 Å². The number of nitrogens with zero attached hydrogens (tertiary/aromatic N) is 1. The van der Waals surface area contributed by atoms with Crippen molar-refractivity contribution in [3.63, 3.8) is 0 Å². The van der Waals surface area contributed by atoms with Gasteiger partial charge in [0.1, 0.15) is 5.69 Å². The number of ether oxygens (including phenoxy) is 1. The molecule has 4 heteroatoms. The molecule has 0 saturated carbocycles. The van der Waals surface area contributed by atoms with Crippen LogP contribution in [0.4, 0.5) is 0 Å². The molecule has 18 heavy (non-hydrogen) atoms. The van der Waals surface area contributed by atoms with E-state index < -0.39 is 0 Å². The molecule has 0 fully saturated rings. The predicted molar refractivity (Wildman–Crippen MR) is 67.3 cm³/mol. The first kappa shape index (κ1) is 12.4. The Bertz CT molecular complexity index is 532. The summed E-state index contributed by atoms with van der Waals surface area (Å²) >= 11 is 0. The SMILES string of the molecule is CCOC(=O)c1ccc(-c2ccco2)nc1CC. The van der Waals surface area contributed by atoms with Gasteiger partial charge in [0.15, 0.2) is 5.76 Å². The summed E-state index contributed by atoms with van der Waals surface area (Å²) in [6.07, 6.45) is 2.27. The highest BCUT2D eigenvalue weighted by molar-refractivity contribution is 5.91.